The minimum atomic E-state index is -0.713. The van der Waals surface area contributed by atoms with Crippen molar-refractivity contribution in [2.45, 2.75) is 6.92 Å². The summed E-state index contributed by atoms with van der Waals surface area (Å²) >= 11 is 5.43. The van der Waals surface area contributed by atoms with Gasteiger partial charge < -0.3 is 4.52 Å². The average molecular weight is 267 g/mol. The Kier molecular flexibility index (Phi) is 3.12. The Hall–Kier alpha value is -2.21. The van der Waals surface area contributed by atoms with Gasteiger partial charge in [-0.05, 0) is 18.5 Å². The van der Waals surface area contributed by atoms with E-state index >= 15 is 0 Å². The Morgan fingerprint density at radius 2 is 2.22 bits per heavy atom. The van der Waals surface area contributed by atoms with Crippen molar-refractivity contribution in [1.82, 2.24) is 5.16 Å². The van der Waals surface area contributed by atoms with Crippen LogP contribution in [0, 0.1) is 17.0 Å². The third-order valence-electron chi connectivity index (χ3n) is 2.38. The fourth-order valence-corrected chi connectivity index (χ4v) is 1.78. The number of hydrogen-bond donors (Lipinski definition) is 0. The largest absolute Gasteiger partial charge is 0.355 e. The molecule has 2 aromatic rings. The van der Waals surface area contributed by atoms with Gasteiger partial charge in [0.2, 0.25) is 0 Å². The first-order chi connectivity index (χ1) is 8.50. The normalized spacial score (nSPS) is 10.3. The third-order valence-corrected chi connectivity index (χ3v) is 2.57. The summed E-state index contributed by atoms with van der Waals surface area (Å²) in [6, 6.07) is 5.71. The van der Waals surface area contributed by atoms with Crippen LogP contribution in [0.5, 0.6) is 0 Å². The number of hydrogen-bond acceptors (Lipinski definition) is 5. The fraction of sp³-hybridized carbons (Fsp3) is 0.0909. The van der Waals surface area contributed by atoms with Crippen molar-refractivity contribution >= 4 is 22.5 Å². The first-order valence-corrected chi connectivity index (χ1v) is 5.29. The van der Waals surface area contributed by atoms with Gasteiger partial charge in [-0.15, -0.1) is 0 Å². The van der Waals surface area contributed by atoms with Gasteiger partial charge in [0.25, 0.3) is 10.9 Å². The van der Waals surface area contributed by atoms with E-state index < -0.39 is 10.2 Å². The molecule has 0 unspecified atom stereocenters. The van der Waals surface area contributed by atoms with Gasteiger partial charge in [-0.2, -0.15) is 0 Å². The number of nitro benzene ring substituents is 1. The topological polar surface area (TPSA) is 86.2 Å². The van der Waals surface area contributed by atoms with Crippen LogP contribution in [0.2, 0.25) is 0 Å². The summed E-state index contributed by atoms with van der Waals surface area (Å²) < 4.78 is 5.00. The van der Waals surface area contributed by atoms with Crippen LogP contribution in [0.4, 0.5) is 5.69 Å². The van der Waals surface area contributed by atoms with Crippen LogP contribution in [0.1, 0.15) is 16.1 Å². The van der Waals surface area contributed by atoms with Gasteiger partial charge in [0.05, 0.1) is 10.6 Å². The highest BCUT2D eigenvalue weighted by Gasteiger charge is 2.21. The molecule has 18 heavy (non-hydrogen) atoms. The fourth-order valence-electron chi connectivity index (χ4n) is 1.56. The molecule has 0 atom stereocenters. The van der Waals surface area contributed by atoms with E-state index in [-0.39, 0.29) is 17.0 Å². The zero-order valence-corrected chi connectivity index (χ0v) is 9.97. The summed E-state index contributed by atoms with van der Waals surface area (Å²) in [4.78, 5) is 21.4. The second kappa shape index (κ2) is 4.58. The second-order valence-electron chi connectivity index (χ2n) is 3.55. The molecule has 0 spiro atoms. The van der Waals surface area contributed by atoms with Gasteiger partial charge in [-0.3, -0.25) is 14.9 Å². The number of rotatable bonds is 3. The maximum Gasteiger partial charge on any atom is 0.270 e. The summed E-state index contributed by atoms with van der Waals surface area (Å²) in [7, 11) is 0. The SMILES string of the molecule is Cc1noc(-c2cccc([N+](=O)[O-])c2)c1C(=O)Cl. The third kappa shape index (κ3) is 2.10. The van der Waals surface area contributed by atoms with E-state index in [4.69, 9.17) is 16.1 Å². The molecule has 1 aromatic heterocycles. The summed E-state index contributed by atoms with van der Waals surface area (Å²) in [5.74, 6) is 0.135. The molecule has 0 aliphatic heterocycles. The molecule has 1 aromatic carbocycles. The Bertz CT molecular complexity index is 636. The quantitative estimate of drug-likeness (QED) is 0.484. The Morgan fingerprint density at radius 1 is 1.50 bits per heavy atom. The van der Waals surface area contributed by atoms with E-state index in [2.05, 4.69) is 5.16 Å². The van der Waals surface area contributed by atoms with Crippen molar-refractivity contribution < 1.29 is 14.2 Å². The Labute approximate surface area is 106 Å². The lowest BCUT2D eigenvalue weighted by atomic mass is 10.1. The molecule has 6 nitrogen and oxygen atoms in total. The van der Waals surface area contributed by atoms with E-state index in [0.29, 0.717) is 11.3 Å². The van der Waals surface area contributed by atoms with Crippen molar-refractivity contribution in [3.8, 4) is 11.3 Å². The van der Waals surface area contributed by atoms with Crippen molar-refractivity contribution in [3.63, 3.8) is 0 Å². The summed E-state index contributed by atoms with van der Waals surface area (Å²) in [5, 5.41) is 13.6. The molecule has 0 bridgehead atoms. The van der Waals surface area contributed by atoms with Gasteiger partial charge >= 0.3 is 0 Å². The number of carbonyl (C=O) groups excluding carboxylic acids is 1. The molecule has 0 amide bonds. The van der Waals surface area contributed by atoms with E-state index in [0.717, 1.165) is 0 Å². The molecular weight excluding hydrogens is 260 g/mol. The monoisotopic (exact) mass is 266 g/mol. The molecule has 1 heterocycles. The van der Waals surface area contributed by atoms with Gasteiger partial charge in [0, 0.05) is 17.7 Å². The van der Waals surface area contributed by atoms with E-state index in [1.54, 1.807) is 13.0 Å². The van der Waals surface area contributed by atoms with Crippen molar-refractivity contribution in [3.05, 3.63) is 45.6 Å². The van der Waals surface area contributed by atoms with E-state index in [9.17, 15) is 14.9 Å². The average Bonchev–Trinajstić information content (AvgIpc) is 2.71. The zero-order valence-electron chi connectivity index (χ0n) is 9.21. The lowest BCUT2D eigenvalue weighted by Crippen LogP contribution is -1.93. The summed E-state index contributed by atoms with van der Waals surface area (Å²) in [6.45, 7) is 1.57. The lowest BCUT2D eigenvalue weighted by Gasteiger charge is -1.98. The minimum absolute atomic E-state index is 0.102. The second-order valence-corrected chi connectivity index (χ2v) is 3.90. The van der Waals surface area contributed by atoms with Crippen molar-refractivity contribution in [2.75, 3.05) is 0 Å². The lowest BCUT2D eigenvalue weighted by molar-refractivity contribution is -0.384. The van der Waals surface area contributed by atoms with Gasteiger partial charge in [0.1, 0.15) is 5.56 Å². The van der Waals surface area contributed by atoms with Crippen LogP contribution >= 0.6 is 11.6 Å². The molecule has 2 rings (SSSR count). The van der Waals surface area contributed by atoms with Crippen LogP contribution in [-0.4, -0.2) is 15.3 Å². The molecule has 0 N–H and O–H groups in total. The van der Waals surface area contributed by atoms with Crippen LogP contribution in [0.15, 0.2) is 28.8 Å². The predicted molar refractivity (Wildman–Crippen MR) is 63.5 cm³/mol. The highest BCUT2D eigenvalue weighted by Crippen LogP contribution is 2.29. The molecule has 7 heteroatoms. The van der Waals surface area contributed by atoms with E-state index in [1.165, 1.54) is 18.2 Å². The molecule has 0 saturated heterocycles. The minimum Gasteiger partial charge on any atom is -0.355 e. The highest BCUT2D eigenvalue weighted by molar-refractivity contribution is 6.68. The van der Waals surface area contributed by atoms with Crippen LogP contribution in [-0.2, 0) is 0 Å². The molecule has 0 fully saturated rings. The molecule has 0 aliphatic carbocycles. The standard InChI is InChI=1S/C11H7ClN2O4/c1-6-9(11(12)15)10(18-13-6)7-3-2-4-8(5-7)14(16)17/h2-5H,1H3. The molecule has 0 radical (unpaired) electrons. The predicted octanol–water partition coefficient (Wildman–Crippen LogP) is 2.94. The van der Waals surface area contributed by atoms with Crippen LogP contribution in [0.3, 0.4) is 0 Å². The maximum absolute atomic E-state index is 11.3. The number of carbonyl (C=O) groups is 1. The molecular formula is C11H7ClN2O4. The number of aromatic nitrogens is 1. The van der Waals surface area contributed by atoms with Gasteiger partial charge in [-0.1, -0.05) is 17.3 Å². The number of non-ortho nitro benzene ring substituents is 1. The Balaban J connectivity index is 2.59. The highest BCUT2D eigenvalue weighted by atomic mass is 35.5. The smallest absolute Gasteiger partial charge is 0.270 e. The van der Waals surface area contributed by atoms with Gasteiger partial charge in [-0.25, -0.2) is 0 Å². The van der Waals surface area contributed by atoms with Crippen molar-refractivity contribution in [2.24, 2.45) is 0 Å². The molecule has 92 valence electrons. The number of nitro groups is 1. The van der Waals surface area contributed by atoms with E-state index in [1.807, 2.05) is 0 Å². The first kappa shape index (κ1) is 12.3. The molecule has 0 aliphatic rings. The van der Waals surface area contributed by atoms with Crippen molar-refractivity contribution in [1.29, 1.82) is 0 Å². The van der Waals surface area contributed by atoms with Gasteiger partial charge in [0.15, 0.2) is 5.76 Å². The van der Waals surface area contributed by atoms with Crippen LogP contribution < -0.4 is 0 Å². The summed E-state index contributed by atoms with van der Waals surface area (Å²) in [6.07, 6.45) is 0. The Morgan fingerprint density at radius 3 is 2.83 bits per heavy atom. The maximum atomic E-state index is 11.3. The summed E-state index contributed by atoms with van der Waals surface area (Å²) in [5.41, 5.74) is 0.747. The number of aryl methyl sites for hydroxylation is 1. The number of benzene rings is 1. The van der Waals surface area contributed by atoms with Crippen LogP contribution in [0.25, 0.3) is 11.3 Å². The number of halogens is 1. The zero-order chi connectivity index (χ0) is 13.3. The number of nitrogens with zero attached hydrogens (tertiary/aromatic N) is 2. The first-order valence-electron chi connectivity index (χ1n) is 4.91. The molecule has 0 saturated carbocycles.